The van der Waals surface area contributed by atoms with E-state index in [1.165, 1.54) is 12.1 Å². The van der Waals surface area contributed by atoms with Gasteiger partial charge in [0.1, 0.15) is 11.6 Å². The SMILES string of the molecule is CC(C)Oc1cccc([C@@H](C)NC(=O)Nc2ccccc2F)c1. The molecule has 4 nitrogen and oxygen atoms in total. The van der Waals surface area contributed by atoms with Gasteiger partial charge in [-0.15, -0.1) is 0 Å². The van der Waals surface area contributed by atoms with Gasteiger partial charge in [0.2, 0.25) is 0 Å². The van der Waals surface area contributed by atoms with Gasteiger partial charge in [-0.25, -0.2) is 9.18 Å². The first-order valence-electron chi connectivity index (χ1n) is 7.54. The maximum Gasteiger partial charge on any atom is 0.319 e. The van der Waals surface area contributed by atoms with Crippen molar-refractivity contribution in [3.63, 3.8) is 0 Å². The fourth-order valence-corrected chi connectivity index (χ4v) is 2.13. The zero-order valence-corrected chi connectivity index (χ0v) is 13.5. The second-order valence-corrected chi connectivity index (χ2v) is 5.54. The van der Waals surface area contributed by atoms with E-state index in [2.05, 4.69) is 10.6 Å². The van der Waals surface area contributed by atoms with Crippen LogP contribution in [0.2, 0.25) is 0 Å². The van der Waals surface area contributed by atoms with Gasteiger partial charge in [0.05, 0.1) is 17.8 Å². The first-order chi connectivity index (χ1) is 11.0. The summed E-state index contributed by atoms with van der Waals surface area (Å²) in [6, 6.07) is 12.9. The molecule has 0 aliphatic heterocycles. The Morgan fingerprint density at radius 2 is 1.83 bits per heavy atom. The summed E-state index contributed by atoms with van der Waals surface area (Å²) >= 11 is 0. The summed E-state index contributed by atoms with van der Waals surface area (Å²) < 4.78 is 19.2. The molecule has 23 heavy (non-hydrogen) atoms. The predicted molar refractivity (Wildman–Crippen MR) is 89.2 cm³/mol. The zero-order chi connectivity index (χ0) is 16.8. The maximum atomic E-state index is 13.5. The smallest absolute Gasteiger partial charge is 0.319 e. The molecule has 0 aliphatic rings. The molecule has 0 aromatic heterocycles. The Bertz CT molecular complexity index is 674. The molecule has 5 heteroatoms. The molecule has 2 aromatic rings. The molecule has 0 fully saturated rings. The summed E-state index contributed by atoms with van der Waals surface area (Å²) in [5.74, 6) is 0.281. The van der Waals surface area contributed by atoms with Crippen LogP contribution in [0.5, 0.6) is 5.75 Å². The average molecular weight is 316 g/mol. The highest BCUT2D eigenvalue weighted by Crippen LogP contribution is 2.20. The van der Waals surface area contributed by atoms with E-state index in [4.69, 9.17) is 4.74 Å². The number of rotatable bonds is 5. The number of anilines is 1. The molecule has 2 aromatic carbocycles. The Labute approximate surface area is 135 Å². The first-order valence-corrected chi connectivity index (χ1v) is 7.54. The summed E-state index contributed by atoms with van der Waals surface area (Å²) in [4.78, 5) is 12.0. The van der Waals surface area contributed by atoms with Gasteiger partial charge in [-0.2, -0.15) is 0 Å². The Hall–Kier alpha value is -2.56. The van der Waals surface area contributed by atoms with Crippen LogP contribution in [0.3, 0.4) is 0 Å². The Morgan fingerprint density at radius 1 is 1.09 bits per heavy atom. The van der Waals surface area contributed by atoms with Crippen LogP contribution in [0.4, 0.5) is 14.9 Å². The number of carbonyl (C=O) groups excluding carboxylic acids is 1. The van der Waals surface area contributed by atoms with E-state index in [0.29, 0.717) is 0 Å². The quantitative estimate of drug-likeness (QED) is 0.853. The van der Waals surface area contributed by atoms with E-state index in [0.717, 1.165) is 11.3 Å². The molecular weight excluding hydrogens is 295 g/mol. The van der Waals surface area contributed by atoms with E-state index in [1.54, 1.807) is 12.1 Å². The summed E-state index contributed by atoms with van der Waals surface area (Å²) in [7, 11) is 0. The lowest BCUT2D eigenvalue weighted by atomic mass is 10.1. The second kappa shape index (κ2) is 7.63. The predicted octanol–water partition coefficient (Wildman–Crippen LogP) is 4.50. The first kappa shape index (κ1) is 16.8. The summed E-state index contributed by atoms with van der Waals surface area (Å²) in [6.07, 6.45) is 0.0814. The van der Waals surface area contributed by atoms with Gasteiger partial charge in [-0.05, 0) is 50.6 Å². The number of nitrogens with one attached hydrogen (secondary N) is 2. The van der Waals surface area contributed by atoms with E-state index >= 15 is 0 Å². The molecule has 0 radical (unpaired) electrons. The van der Waals surface area contributed by atoms with E-state index < -0.39 is 11.8 Å². The number of hydrogen-bond acceptors (Lipinski definition) is 2. The molecule has 0 spiro atoms. The standard InChI is InChI=1S/C18H21FN2O2/c1-12(2)23-15-8-6-7-14(11-15)13(3)20-18(22)21-17-10-5-4-9-16(17)19/h4-13H,1-3H3,(H2,20,21,22)/t13-/m1/s1. The summed E-state index contributed by atoms with van der Waals surface area (Å²) in [6.45, 7) is 5.77. The monoisotopic (exact) mass is 316 g/mol. The third-order valence-corrected chi connectivity index (χ3v) is 3.20. The highest BCUT2D eigenvalue weighted by Gasteiger charge is 2.12. The molecular formula is C18H21FN2O2. The lowest BCUT2D eigenvalue weighted by molar-refractivity contribution is 0.241. The van der Waals surface area contributed by atoms with Gasteiger partial charge >= 0.3 is 6.03 Å². The number of carbonyl (C=O) groups is 1. The molecule has 0 saturated heterocycles. The van der Waals surface area contributed by atoms with Crippen molar-refractivity contribution in [2.75, 3.05) is 5.32 Å². The topological polar surface area (TPSA) is 50.4 Å². The molecule has 0 unspecified atom stereocenters. The highest BCUT2D eigenvalue weighted by molar-refractivity contribution is 5.89. The zero-order valence-electron chi connectivity index (χ0n) is 13.5. The molecule has 0 heterocycles. The van der Waals surface area contributed by atoms with Crippen molar-refractivity contribution in [3.05, 3.63) is 59.9 Å². The normalized spacial score (nSPS) is 11.9. The molecule has 2 N–H and O–H groups in total. The molecule has 2 rings (SSSR count). The van der Waals surface area contributed by atoms with Gasteiger partial charge in [0, 0.05) is 0 Å². The van der Waals surface area contributed by atoms with Crippen molar-refractivity contribution >= 4 is 11.7 Å². The minimum absolute atomic E-state index is 0.0814. The largest absolute Gasteiger partial charge is 0.491 e. The van der Waals surface area contributed by atoms with Crippen molar-refractivity contribution in [3.8, 4) is 5.75 Å². The minimum atomic E-state index is -0.470. The van der Waals surface area contributed by atoms with E-state index in [9.17, 15) is 9.18 Å². The lowest BCUT2D eigenvalue weighted by Gasteiger charge is -2.17. The Kier molecular flexibility index (Phi) is 5.57. The fraction of sp³-hybridized carbons (Fsp3) is 0.278. The van der Waals surface area contributed by atoms with Crippen molar-refractivity contribution < 1.29 is 13.9 Å². The van der Waals surface area contributed by atoms with Crippen molar-refractivity contribution in [2.24, 2.45) is 0 Å². The van der Waals surface area contributed by atoms with Gasteiger partial charge in [0.25, 0.3) is 0 Å². The average Bonchev–Trinajstić information content (AvgIpc) is 2.49. The highest BCUT2D eigenvalue weighted by atomic mass is 19.1. The Balaban J connectivity index is 1.99. The maximum absolute atomic E-state index is 13.5. The van der Waals surface area contributed by atoms with Gasteiger partial charge in [-0.3, -0.25) is 0 Å². The molecule has 1 atom stereocenters. The van der Waals surface area contributed by atoms with Crippen molar-refractivity contribution in [2.45, 2.75) is 32.9 Å². The summed E-state index contributed by atoms with van der Waals surface area (Å²) in [5.41, 5.74) is 1.06. The van der Waals surface area contributed by atoms with Crippen molar-refractivity contribution in [1.29, 1.82) is 0 Å². The van der Waals surface area contributed by atoms with Gasteiger partial charge in [-0.1, -0.05) is 24.3 Å². The molecule has 2 amide bonds. The number of halogens is 1. The number of para-hydroxylation sites is 1. The molecule has 0 saturated carbocycles. The third-order valence-electron chi connectivity index (χ3n) is 3.20. The van der Waals surface area contributed by atoms with Crippen LogP contribution in [-0.2, 0) is 0 Å². The lowest BCUT2D eigenvalue weighted by Crippen LogP contribution is -2.31. The third kappa shape index (κ3) is 4.98. The molecule has 0 bridgehead atoms. The number of hydrogen-bond donors (Lipinski definition) is 2. The van der Waals surface area contributed by atoms with Gasteiger partial charge < -0.3 is 15.4 Å². The fourth-order valence-electron chi connectivity index (χ4n) is 2.13. The van der Waals surface area contributed by atoms with Crippen molar-refractivity contribution in [1.82, 2.24) is 5.32 Å². The van der Waals surface area contributed by atoms with Crippen LogP contribution >= 0.6 is 0 Å². The Morgan fingerprint density at radius 3 is 2.52 bits per heavy atom. The second-order valence-electron chi connectivity index (χ2n) is 5.54. The minimum Gasteiger partial charge on any atom is -0.491 e. The van der Waals surface area contributed by atoms with E-state index in [1.807, 2.05) is 45.0 Å². The van der Waals surface area contributed by atoms with E-state index in [-0.39, 0.29) is 17.8 Å². The van der Waals surface area contributed by atoms with Crippen LogP contribution in [0, 0.1) is 5.82 Å². The van der Waals surface area contributed by atoms with Crippen LogP contribution in [-0.4, -0.2) is 12.1 Å². The summed E-state index contributed by atoms with van der Waals surface area (Å²) in [5, 5.41) is 5.28. The van der Waals surface area contributed by atoms with Crippen LogP contribution in [0.25, 0.3) is 0 Å². The molecule has 0 aliphatic carbocycles. The number of amides is 2. The number of ether oxygens (including phenoxy) is 1. The number of urea groups is 1. The van der Waals surface area contributed by atoms with Crippen LogP contribution < -0.4 is 15.4 Å². The number of benzene rings is 2. The van der Waals surface area contributed by atoms with Crippen LogP contribution in [0.15, 0.2) is 48.5 Å². The van der Waals surface area contributed by atoms with Crippen LogP contribution in [0.1, 0.15) is 32.4 Å². The molecule has 122 valence electrons. The van der Waals surface area contributed by atoms with Gasteiger partial charge in [0.15, 0.2) is 0 Å².